The fourth-order valence-corrected chi connectivity index (χ4v) is 5.10. The van der Waals surface area contributed by atoms with Crippen LogP contribution in [-0.2, 0) is 20.3 Å². The fraction of sp³-hybridized carbons (Fsp3) is 0.429. The third-order valence-electron chi connectivity index (χ3n) is 7.23. The lowest BCUT2D eigenvalue weighted by atomic mass is 9.93. The molecule has 0 spiro atoms. The van der Waals surface area contributed by atoms with Gasteiger partial charge in [0.1, 0.15) is 12.7 Å². The summed E-state index contributed by atoms with van der Waals surface area (Å²) < 4.78 is 29.3. The van der Waals surface area contributed by atoms with E-state index in [0.717, 1.165) is 5.56 Å². The maximum Gasteiger partial charge on any atom is 0.415 e. The molecule has 2 aliphatic rings. The van der Waals surface area contributed by atoms with Crippen molar-refractivity contribution >= 4 is 26.1 Å². The molecule has 0 unspecified atom stereocenters. The summed E-state index contributed by atoms with van der Waals surface area (Å²) >= 11 is 0. The van der Waals surface area contributed by atoms with Crippen LogP contribution in [-0.4, -0.2) is 52.5 Å². The second kappa shape index (κ2) is 10.6. The number of rotatable bonds is 7. The minimum atomic E-state index is -2.20. The predicted molar refractivity (Wildman–Crippen MR) is 143 cm³/mol. The van der Waals surface area contributed by atoms with E-state index in [0.29, 0.717) is 29.2 Å². The monoisotopic (exact) mass is 525 g/mol. The van der Waals surface area contributed by atoms with Crippen molar-refractivity contribution in [2.75, 3.05) is 24.9 Å². The smallest absolute Gasteiger partial charge is 0.415 e. The van der Waals surface area contributed by atoms with Gasteiger partial charge in [-0.2, -0.15) is 0 Å². The van der Waals surface area contributed by atoms with Crippen LogP contribution in [0, 0.1) is 0 Å². The molecule has 0 radical (unpaired) electrons. The number of carbonyl (C=O) groups excluding carboxylic acids is 2. The second-order valence-corrected chi connectivity index (χ2v) is 15.5. The quantitative estimate of drug-likeness (QED) is 0.260. The first-order chi connectivity index (χ1) is 17.5. The van der Waals surface area contributed by atoms with Crippen molar-refractivity contribution in [3.05, 3.63) is 66.2 Å². The van der Waals surface area contributed by atoms with Gasteiger partial charge >= 0.3 is 12.1 Å². The minimum absolute atomic E-state index is 0.0412. The van der Waals surface area contributed by atoms with Crippen LogP contribution in [0.25, 0.3) is 0 Å². The van der Waals surface area contributed by atoms with Crippen LogP contribution in [0.1, 0.15) is 36.7 Å². The average Bonchev–Trinajstić information content (AvgIpc) is 3.31. The highest BCUT2D eigenvalue weighted by Crippen LogP contribution is 2.44. The molecular formula is C28H35NO7Si. The lowest BCUT2D eigenvalue weighted by molar-refractivity contribution is 0.0157. The van der Waals surface area contributed by atoms with Gasteiger partial charge in [-0.3, -0.25) is 4.90 Å². The zero-order valence-electron chi connectivity index (χ0n) is 22.1. The van der Waals surface area contributed by atoms with E-state index in [-0.39, 0.29) is 25.0 Å². The number of amides is 1. The molecule has 0 fully saturated rings. The zero-order valence-corrected chi connectivity index (χ0v) is 23.1. The number of esters is 1. The summed E-state index contributed by atoms with van der Waals surface area (Å²) in [5.41, 5.74) is 1.84. The molecule has 8 nitrogen and oxygen atoms in total. The first-order valence-corrected chi connectivity index (χ1v) is 15.3. The molecule has 2 heterocycles. The zero-order chi connectivity index (χ0) is 26.8. The molecule has 0 aliphatic carbocycles. The fourth-order valence-electron chi connectivity index (χ4n) is 4.08. The SMILES string of the molecule is C=CCOC(=O)N1c2cc3c(cc2C[C@H](OC(=O)c2ccccc2)[C@H]1CO[Si](C)(C)C(C)(C)C)OCO3. The number of anilines is 1. The largest absolute Gasteiger partial charge is 0.456 e. The molecule has 198 valence electrons. The van der Waals surface area contributed by atoms with E-state index in [4.69, 9.17) is 23.4 Å². The van der Waals surface area contributed by atoms with Crippen molar-refractivity contribution in [2.24, 2.45) is 0 Å². The summed E-state index contributed by atoms with van der Waals surface area (Å²) in [7, 11) is -2.20. The number of hydrogen-bond donors (Lipinski definition) is 0. The molecule has 0 bridgehead atoms. The molecule has 2 atom stereocenters. The van der Waals surface area contributed by atoms with Crippen molar-refractivity contribution in [3.63, 3.8) is 0 Å². The minimum Gasteiger partial charge on any atom is -0.456 e. The summed E-state index contributed by atoms with van der Waals surface area (Å²) in [4.78, 5) is 28.1. The van der Waals surface area contributed by atoms with E-state index in [1.807, 2.05) is 12.1 Å². The van der Waals surface area contributed by atoms with Gasteiger partial charge in [-0.15, -0.1) is 0 Å². The summed E-state index contributed by atoms with van der Waals surface area (Å²) in [5.74, 6) is 0.665. The van der Waals surface area contributed by atoms with E-state index in [1.54, 1.807) is 30.3 Å². The Balaban J connectivity index is 1.74. The van der Waals surface area contributed by atoms with Gasteiger partial charge < -0.3 is 23.4 Å². The lowest BCUT2D eigenvalue weighted by Gasteiger charge is -2.43. The Labute approximate surface area is 219 Å². The number of ether oxygens (including phenoxy) is 4. The molecule has 4 rings (SSSR count). The van der Waals surface area contributed by atoms with Gasteiger partial charge in [-0.1, -0.05) is 51.6 Å². The molecule has 0 N–H and O–H groups in total. The van der Waals surface area contributed by atoms with Gasteiger partial charge in [0, 0.05) is 12.5 Å². The van der Waals surface area contributed by atoms with Crippen LogP contribution in [0.4, 0.5) is 10.5 Å². The van der Waals surface area contributed by atoms with Crippen molar-refractivity contribution in [3.8, 4) is 11.5 Å². The van der Waals surface area contributed by atoms with Crippen molar-refractivity contribution in [1.82, 2.24) is 0 Å². The number of hydrogen-bond acceptors (Lipinski definition) is 7. The first kappa shape index (κ1) is 26.8. The van der Waals surface area contributed by atoms with Crippen LogP contribution in [0.2, 0.25) is 18.1 Å². The van der Waals surface area contributed by atoms with E-state index < -0.39 is 32.5 Å². The number of nitrogens with zero attached hydrogens (tertiary/aromatic N) is 1. The number of fused-ring (bicyclic) bond motifs is 2. The molecule has 9 heteroatoms. The molecule has 2 aromatic carbocycles. The number of carbonyl (C=O) groups is 2. The van der Waals surface area contributed by atoms with Gasteiger partial charge in [0.25, 0.3) is 0 Å². The van der Waals surface area contributed by atoms with E-state index >= 15 is 0 Å². The third kappa shape index (κ3) is 5.67. The Morgan fingerprint density at radius 1 is 1.14 bits per heavy atom. The maximum absolute atomic E-state index is 13.5. The third-order valence-corrected chi connectivity index (χ3v) is 11.7. The Morgan fingerprint density at radius 2 is 1.81 bits per heavy atom. The van der Waals surface area contributed by atoms with Gasteiger partial charge in [0.2, 0.25) is 6.79 Å². The summed E-state index contributed by atoms with van der Waals surface area (Å²) in [6.45, 7) is 14.7. The maximum atomic E-state index is 13.5. The van der Waals surface area contributed by atoms with Crippen LogP contribution in [0.5, 0.6) is 11.5 Å². The van der Waals surface area contributed by atoms with Crippen LogP contribution in [0.15, 0.2) is 55.1 Å². The Hall–Kier alpha value is -3.30. The predicted octanol–water partition coefficient (Wildman–Crippen LogP) is 5.72. The number of benzene rings is 2. The van der Waals surface area contributed by atoms with Crippen molar-refractivity contribution in [2.45, 2.75) is 57.5 Å². The van der Waals surface area contributed by atoms with Gasteiger partial charge in [0.05, 0.1) is 23.9 Å². The van der Waals surface area contributed by atoms with Gasteiger partial charge in [-0.25, -0.2) is 9.59 Å². The molecule has 2 aliphatic heterocycles. The van der Waals surface area contributed by atoms with Gasteiger partial charge in [-0.05, 0) is 41.9 Å². The molecule has 0 aromatic heterocycles. The molecule has 0 saturated carbocycles. The Morgan fingerprint density at radius 3 is 2.46 bits per heavy atom. The average molecular weight is 526 g/mol. The lowest BCUT2D eigenvalue weighted by Crippen LogP contribution is -2.57. The molecule has 0 saturated heterocycles. The summed E-state index contributed by atoms with van der Waals surface area (Å²) in [6.07, 6.45) is 0.628. The topological polar surface area (TPSA) is 83.5 Å². The Kier molecular flexibility index (Phi) is 7.66. The summed E-state index contributed by atoms with van der Waals surface area (Å²) in [5, 5.41) is -0.0457. The van der Waals surface area contributed by atoms with E-state index in [9.17, 15) is 9.59 Å². The molecular weight excluding hydrogens is 490 g/mol. The van der Waals surface area contributed by atoms with Gasteiger partial charge in [0.15, 0.2) is 19.8 Å². The first-order valence-electron chi connectivity index (χ1n) is 12.4. The summed E-state index contributed by atoms with van der Waals surface area (Å²) in [6, 6.07) is 11.8. The van der Waals surface area contributed by atoms with Crippen LogP contribution < -0.4 is 14.4 Å². The van der Waals surface area contributed by atoms with Crippen molar-refractivity contribution < 1.29 is 33.0 Å². The Bertz CT molecular complexity index is 1160. The van der Waals surface area contributed by atoms with Crippen LogP contribution in [0.3, 0.4) is 0 Å². The molecule has 37 heavy (non-hydrogen) atoms. The normalized spacial score (nSPS) is 18.7. The molecule has 1 amide bonds. The van der Waals surface area contributed by atoms with Crippen LogP contribution >= 0.6 is 0 Å². The van der Waals surface area contributed by atoms with E-state index in [1.165, 1.54) is 11.0 Å². The highest BCUT2D eigenvalue weighted by atomic mass is 28.4. The standard InChI is InChI=1S/C28H35NO7Si/c1-7-13-32-27(31)29-21-16-25-24(33-18-34-25)15-20(21)14-23(36-26(30)19-11-9-8-10-12-19)22(29)17-35-37(5,6)28(2,3)4/h7-12,15-16,22-23H,1,13-14,17-18H2,2-6H3/t22-,23+/m1/s1. The second-order valence-electron chi connectivity index (χ2n) is 10.7. The van der Waals surface area contributed by atoms with Crippen molar-refractivity contribution in [1.29, 1.82) is 0 Å². The highest BCUT2D eigenvalue weighted by Gasteiger charge is 2.45. The molecule has 2 aromatic rings. The highest BCUT2D eigenvalue weighted by molar-refractivity contribution is 6.74. The van der Waals surface area contributed by atoms with E-state index in [2.05, 4.69) is 40.4 Å².